The van der Waals surface area contributed by atoms with Crippen LogP contribution in [0.25, 0.3) is 124 Å². The maximum absolute atomic E-state index is 5.22. The van der Waals surface area contributed by atoms with Crippen LogP contribution in [0, 0.1) is 0 Å². The van der Waals surface area contributed by atoms with Gasteiger partial charge in [0.05, 0.1) is 5.41 Å². The van der Waals surface area contributed by atoms with Gasteiger partial charge >= 0.3 is 0 Å². The molecule has 0 atom stereocenters. The van der Waals surface area contributed by atoms with Crippen LogP contribution in [0.5, 0.6) is 0 Å². The fourth-order valence-electron chi connectivity index (χ4n) is 14.1. The van der Waals surface area contributed by atoms with E-state index in [9.17, 15) is 0 Å². The topological polar surface area (TPSA) is 77.3 Å². The molecule has 2 aliphatic carbocycles. The molecule has 13 aromatic carbocycles. The minimum absolute atomic E-state index is 0.167. The van der Waals surface area contributed by atoms with Crippen molar-refractivity contribution < 1.29 is 0 Å². The lowest BCUT2D eigenvalue weighted by atomic mass is 9.67. The third-order valence-corrected chi connectivity index (χ3v) is 18.4. The monoisotopic (exact) mass is 1180 g/mol. The molecule has 0 radical (unpaired) electrons. The molecule has 6 heteroatoms. The van der Waals surface area contributed by atoms with Gasteiger partial charge in [0.1, 0.15) is 0 Å². The molecule has 15 aromatic rings. The second-order valence-corrected chi connectivity index (χ2v) is 24.0. The summed E-state index contributed by atoms with van der Waals surface area (Å²) in [4.78, 5) is 30.7. The average Bonchev–Trinajstić information content (AvgIpc) is 1.54. The van der Waals surface area contributed by atoms with E-state index in [-0.39, 0.29) is 5.41 Å². The van der Waals surface area contributed by atoms with E-state index in [0.717, 1.165) is 55.6 Å². The number of benzene rings is 13. The Morgan fingerprint density at radius 3 is 1.22 bits per heavy atom. The quantitative estimate of drug-likeness (QED) is 0.136. The van der Waals surface area contributed by atoms with Gasteiger partial charge in [0.15, 0.2) is 34.9 Å². The predicted octanol–water partition coefficient (Wildman–Crippen LogP) is 20.9. The van der Waals surface area contributed by atoms with Gasteiger partial charge in [0.2, 0.25) is 0 Å². The lowest BCUT2D eigenvalue weighted by Crippen LogP contribution is -2.28. The first-order valence-electron chi connectivity index (χ1n) is 31.3. The lowest BCUT2D eigenvalue weighted by molar-refractivity contribution is 0.666. The Morgan fingerprint density at radius 2 is 0.620 bits per heavy atom. The van der Waals surface area contributed by atoms with Crippen molar-refractivity contribution in [1.29, 1.82) is 0 Å². The van der Waals surface area contributed by atoms with Crippen LogP contribution in [0.4, 0.5) is 0 Å². The Bertz CT molecular complexity index is 5170. The number of nitrogens with zero attached hydrogens (tertiary/aromatic N) is 6. The van der Waals surface area contributed by atoms with E-state index < -0.39 is 5.41 Å². The first kappa shape index (κ1) is 55.5. The van der Waals surface area contributed by atoms with E-state index in [0.29, 0.717) is 34.9 Å². The van der Waals surface area contributed by atoms with Crippen molar-refractivity contribution in [3.63, 3.8) is 0 Å². The van der Waals surface area contributed by atoms with Crippen molar-refractivity contribution >= 4 is 10.8 Å². The predicted molar refractivity (Wildman–Crippen MR) is 376 cm³/mol. The summed E-state index contributed by atoms with van der Waals surface area (Å²) in [5, 5.41) is 2.59. The molecule has 2 aliphatic rings. The Hall–Kier alpha value is -11.9. The van der Waals surface area contributed by atoms with Crippen LogP contribution in [0.2, 0.25) is 0 Å². The smallest absolute Gasteiger partial charge is 0.164 e. The van der Waals surface area contributed by atoms with Crippen LogP contribution in [-0.2, 0) is 10.8 Å². The third-order valence-electron chi connectivity index (χ3n) is 18.4. The standard InChI is InChI=1S/C46H31N3.C40H29N3/c1-5-16-32(17-6-1)33-28-30-35(31-29-33)44-47-43(34-18-7-2-8-19-34)48-45(49-44)39-25-15-27-41-42(39)38-24-13-14-26-40(38)46(41,36-20-9-3-10-21-36)37-22-11-4-12-23-37;1-40(2)35-25-29(22-23-32(35)33-24-21-27-15-9-10-19-31(27)36(33)40)38-41-37(28-16-7-4-8-17-28)42-39(43-38)34-20-12-11-18-30(34)26-13-5-3-6-14-26/h1-31H;3-25H,1-2H3. The van der Waals surface area contributed by atoms with Crippen LogP contribution in [0.15, 0.2) is 328 Å². The number of hydrogen-bond donors (Lipinski definition) is 0. The maximum Gasteiger partial charge on any atom is 0.164 e. The minimum atomic E-state index is -0.504. The first-order chi connectivity index (χ1) is 45.4. The van der Waals surface area contributed by atoms with Crippen molar-refractivity contribution in [2.75, 3.05) is 0 Å². The number of rotatable bonds is 10. The van der Waals surface area contributed by atoms with E-state index in [1.165, 1.54) is 66.4 Å². The zero-order chi connectivity index (χ0) is 61.6. The summed E-state index contributed by atoms with van der Waals surface area (Å²) in [6.45, 7) is 4.66. The zero-order valence-electron chi connectivity index (χ0n) is 50.9. The Morgan fingerprint density at radius 1 is 0.228 bits per heavy atom. The van der Waals surface area contributed by atoms with Crippen LogP contribution < -0.4 is 0 Å². The molecule has 92 heavy (non-hydrogen) atoms. The van der Waals surface area contributed by atoms with Gasteiger partial charge in [0, 0.05) is 38.8 Å². The second-order valence-electron chi connectivity index (χ2n) is 24.0. The van der Waals surface area contributed by atoms with Gasteiger partial charge < -0.3 is 0 Å². The molecule has 0 N–H and O–H groups in total. The van der Waals surface area contributed by atoms with E-state index in [1.54, 1.807) is 0 Å². The Balaban J connectivity index is 0.000000148. The molecule has 2 heterocycles. The molecule has 0 amide bonds. The molecule has 0 bridgehead atoms. The minimum Gasteiger partial charge on any atom is -0.208 e. The molecule has 434 valence electrons. The third kappa shape index (κ3) is 9.68. The summed E-state index contributed by atoms with van der Waals surface area (Å²) in [7, 11) is 0. The van der Waals surface area contributed by atoms with E-state index >= 15 is 0 Å². The number of aromatic nitrogens is 6. The molecule has 0 spiro atoms. The van der Waals surface area contributed by atoms with Gasteiger partial charge in [0.25, 0.3) is 0 Å². The van der Waals surface area contributed by atoms with Gasteiger partial charge in [-0.15, -0.1) is 0 Å². The highest BCUT2D eigenvalue weighted by Crippen LogP contribution is 2.58. The normalized spacial score (nSPS) is 12.8. The number of fused-ring (bicyclic) bond motifs is 8. The van der Waals surface area contributed by atoms with Crippen molar-refractivity contribution in [2.24, 2.45) is 0 Å². The number of hydrogen-bond acceptors (Lipinski definition) is 6. The molecule has 0 fully saturated rings. The fraction of sp³-hybridized carbons (Fsp3) is 0.0465. The second kappa shape index (κ2) is 23.3. The summed E-state index contributed by atoms with van der Waals surface area (Å²) < 4.78 is 0. The van der Waals surface area contributed by atoms with Crippen molar-refractivity contribution in [2.45, 2.75) is 24.7 Å². The molecule has 0 unspecified atom stereocenters. The van der Waals surface area contributed by atoms with Crippen LogP contribution in [-0.4, -0.2) is 29.9 Å². The molecule has 0 saturated heterocycles. The summed E-state index contributed by atoms with van der Waals surface area (Å²) in [6.07, 6.45) is 0. The van der Waals surface area contributed by atoms with E-state index in [4.69, 9.17) is 29.9 Å². The van der Waals surface area contributed by atoms with Crippen LogP contribution in [0.3, 0.4) is 0 Å². The van der Waals surface area contributed by atoms with Gasteiger partial charge in [-0.1, -0.05) is 335 Å². The highest BCUT2D eigenvalue weighted by Gasteiger charge is 2.47. The van der Waals surface area contributed by atoms with Crippen molar-refractivity contribution in [1.82, 2.24) is 29.9 Å². The molecule has 6 nitrogen and oxygen atoms in total. The Kier molecular flexibility index (Phi) is 14.0. The largest absolute Gasteiger partial charge is 0.208 e. The molecule has 2 aromatic heterocycles. The Labute approximate surface area is 536 Å². The highest BCUT2D eigenvalue weighted by atomic mass is 15.0. The zero-order valence-corrected chi connectivity index (χ0v) is 50.9. The van der Waals surface area contributed by atoms with Crippen LogP contribution >= 0.6 is 0 Å². The summed E-state index contributed by atoms with van der Waals surface area (Å²) in [5.74, 6) is 3.94. The highest BCUT2D eigenvalue weighted by molar-refractivity contribution is 5.98. The molecule has 0 aliphatic heterocycles. The van der Waals surface area contributed by atoms with Gasteiger partial charge in [-0.2, -0.15) is 0 Å². The van der Waals surface area contributed by atoms with Gasteiger partial charge in [-0.3, -0.25) is 0 Å². The molecule has 0 saturated carbocycles. The molecular formula is C86H60N6. The van der Waals surface area contributed by atoms with E-state index in [1.807, 2.05) is 54.6 Å². The first-order valence-corrected chi connectivity index (χ1v) is 31.3. The maximum atomic E-state index is 5.22. The summed E-state index contributed by atoms with van der Waals surface area (Å²) in [5.41, 5.74) is 22.2. The SMILES string of the molecule is CC1(C)c2cc(-c3nc(-c4ccccc4)nc(-c4ccccc4-c4ccccc4)n3)ccc2-c2ccc3ccccc3c21.c1ccc(-c2ccc(-c3nc(-c4ccccc4)nc(-c4cccc5c4-c4ccccc4C5(c4ccccc4)c4ccccc4)n3)cc2)cc1. The van der Waals surface area contributed by atoms with Crippen molar-refractivity contribution in [3.8, 4) is 113 Å². The van der Waals surface area contributed by atoms with Gasteiger partial charge in [-0.25, -0.2) is 29.9 Å². The fourth-order valence-corrected chi connectivity index (χ4v) is 14.1. The van der Waals surface area contributed by atoms with Crippen LogP contribution in [0.1, 0.15) is 47.2 Å². The summed E-state index contributed by atoms with van der Waals surface area (Å²) in [6, 6.07) is 115. The molecular weight excluding hydrogens is 1120 g/mol. The van der Waals surface area contributed by atoms with Crippen molar-refractivity contribution in [3.05, 3.63) is 361 Å². The average molecular weight is 1180 g/mol. The summed E-state index contributed by atoms with van der Waals surface area (Å²) >= 11 is 0. The van der Waals surface area contributed by atoms with E-state index in [2.05, 4.69) is 287 Å². The molecule has 17 rings (SSSR count). The lowest BCUT2D eigenvalue weighted by Gasteiger charge is -2.33. The van der Waals surface area contributed by atoms with Gasteiger partial charge in [-0.05, 0) is 94.7 Å².